The van der Waals surface area contributed by atoms with Gasteiger partial charge in [-0.1, -0.05) is 60.0 Å². The first-order chi connectivity index (χ1) is 21.9. The van der Waals surface area contributed by atoms with Crippen molar-refractivity contribution in [3.05, 3.63) is 12.3 Å². The van der Waals surface area contributed by atoms with Crippen molar-refractivity contribution in [2.24, 2.45) is 28.7 Å². The summed E-state index contributed by atoms with van der Waals surface area (Å²) >= 11 is 0. The average molecular weight is 650 g/mol. The van der Waals surface area contributed by atoms with E-state index in [9.17, 15) is 19.5 Å². The van der Waals surface area contributed by atoms with Gasteiger partial charge >= 0.3 is 0 Å². The number of carbonyl (C=O) groups is 3. The van der Waals surface area contributed by atoms with Gasteiger partial charge in [0.05, 0.1) is 24.0 Å². The van der Waals surface area contributed by atoms with Crippen LogP contribution in [-0.4, -0.2) is 91.9 Å². The molecule has 12 heteroatoms. The highest BCUT2D eigenvalue weighted by atomic mass is 16.5. The summed E-state index contributed by atoms with van der Waals surface area (Å²) in [5.41, 5.74) is 0. The van der Waals surface area contributed by atoms with Gasteiger partial charge in [-0.2, -0.15) is 0 Å². The molecule has 0 spiro atoms. The van der Waals surface area contributed by atoms with E-state index in [1.165, 1.54) is 0 Å². The van der Waals surface area contributed by atoms with Crippen molar-refractivity contribution in [1.82, 2.24) is 31.9 Å². The number of hydrogen-bond acceptors (Lipinski definition) is 9. The third-order valence-corrected chi connectivity index (χ3v) is 8.61. The van der Waals surface area contributed by atoms with E-state index < -0.39 is 30.6 Å². The smallest absolute Gasteiger partial charge is 0.237 e. The quantitative estimate of drug-likeness (QED) is 0.0828. The van der Waals surface area contributed by atoms with Crippen LogP contribution in [0.5, 0.6) is 0 Å². The zero-order valence-electron chi connectivity index (χ0n) is 29.5. The van der Waals surface area contributed by atoms with Crippen LogP contribution in [0.1, 0.15) is 93.4 Å². The van der Waals surface area contributed by atoms with E-state index in [2.05, 4.69) is 50.7 Å². The summed E-state index contributed by atoms with van der Waals surface area (Å²) in [5.74, 6) is 0.173. The molecule has 8 atom stereocenters. The van der Waals surface area contributed by atoms with Crippen LogP contribution in [0, 0.1) is 23.7 Å². The van der Waals surface area contributed by atoms with Crippen molar-refractivity contribution >= 4 is 23.9 Å². The van der Waals surface area contributed by atoms with Gasteiger partial charge in [-0.05, 0) is 57.3 Å². The number of methoxy groups -OCH3 is 1. The summed E-state index contributed by atoms with van der Waals surface area (Å²) in [7, 11) is 1.61. The van der Waals surface area contributed by atoms with Crippen LogP contribution in [-0.2, 0) is 19.1 Å². The minimum atomic E-state index is -1.07. The SMILES string of the molecule is CCC[C@H](NC(O)[C@H](CC1CC1)NC(=O)C1C=CN=CC1)C(=O)N[C@H](CN[C@@H](C)C(N[C@H](C(=O)NCC)C(C)C)OC)CC(C)C. The maximum absolute atomic E-state index is 13.7. The van der Waals surface area contributed by atoms with E-state index >= 15 is 0 Å². The largest absolute Gasteiger partial charge is 0.376 e. The molecule has 0 aromatic carbocycles. The standard InChI is InChI=1S/C34H63N7O5/c1-9-11-27(39-32(44)28(19-24-12-13-24)40-30(42)25-14-16-35-17-15-25)31(43)38-26(18-21(3)4)20-37-23(7)34(46-8)41-29(22(5)6)33(45)36-10-2/h14,16-17,21-29,32,34,37,39,41,44H,9-13,15,18-20H2,1-8H3,(H,36,45)(H,38,43)(H,40,42)/t23-,25?,26-,27-,28-,29-,32?,34?/m0/s1. The summed E-state index contributed by atoms with van der Waals surface area (Å²) in [5, 5.41) is 30.5. The highest BCUT2D eigenvalue weighted by Gasteiger charge is 2.34. The predicted octanol–water partition coefficient (Wildman–Crippen LogP) is 2.18. The van der Waals surface area contributed by atoms with Gasteiger partial charge in [0.25, 0.3) is 0 Å². The summed E-state index contributed by atoms with van der Waals surface area (Å²) in [6, 6.07) is -1.85. The number of carbonyl (C=O) groups excluding carboxylic acids is 3. The fourth-order valence-electron chi connectivity index (χ4n) is 5.78. The molecule has 7 N–H and O–H groups in total. The van der Waals surface area contributed by atoms with Crippen molar-refractivity contribution in [1.29, 1.82) is 0 Å². The molecule has 1 fully saturated rings. The zero-order chi connectivity index (χ0) is 34.2. The molecule has 2 aliphatic rings. The minimum Gasteiger partial charge on any atom is -0.376 e. The second kappa shape index (κ2) is 20.8. The molecule has 1 saturated carbocycles. The highest BCUT2D eigenvalue weighted by molar-refractivity contribution is 5.84. The monoisotopic (exact) mass is 649 g/mol. The normalized spacial score (nSPS) is 20.9. The summed E-state index contributed by atoms with van der Waals surface area (Å²) in [6.45, 7) is 15.2. The van der Waals surface area contributed by atoms with Gasteiger partial charge in [-0.15, -0.1) is 0 Å². The molecule has 2 rings (SSSR count). The number of rotatable bonds is 23. The Morgan fingerprint density at radius 3 is 2.28 bits per heavy atom. The van der Waals surface area contributed by atoms with Gasteiger partial charge in [0, 0.05) is 44.7 Å². The fraction of sp³-hybridized carbons (Fsp3) is 0.824. The number of aliphatic hydroxyl groups excluding tert-OH is 1. The Bertz CT molecular complexity index is 987. The minimum absolute atomic E-state index is 0.0624. The van der Waals surface area contributed by atoms with E-state index in [-0.39, 0.29) is 41.6 Å². The number of hydrogen-bond donors (Lipinski definition) is 7. The molecule has 264 valence electrons. The van der Waals surface area contributed by atoms with Gasteiger partial charge < -0.3 is 31.1 Å². The first-order valence-corrected chi connectivity index (χ1v) is 17.4. The lowest BCUT2D eigenvalue weighted by Crippen LogP contribution is -2.60. The Labute approximate surface area is 277 Å². The van der Waals surface area contributed by atoms with Crippen LogP contribution >= 0.6 is 0 Å². The first-order valence-electron chi connectivity index (χ1n) is 17.4. The van der Waals surface area contributed by atoms with E-state index in [4.69, 9.17) is 4.74 Å². The van der Waals surface area contributed by atoms with Crippen LogP contribution in [0.4, 0.5) is 0 Å². The van der Waals surface area contributed by atoms with Crippen LogP contribution in [0.25, 0.3) is 0 Å². The number of aliphatic imine (C=N–C) groups is 1. The lowest BCUT2D eigenvalue weighted by molar-refractivity contribution is -0.127. The first kappa shape index (κ1) is 39.8. The summed E-state index contributed by atoms with van der Waals surface area (Å²) < 4.78 is 5.73. The van der Waals surface area contributed by atoms with Crippen molar-refractivity contribution < 1.29 is 24.2 Å². The second-order valence-electron chi connectivity index (χ2n) is 13.7. The fourth-order valence-corrected chi connectivity index (χ4v) is 5.78. The molecule has 0 radical (unpaired) electrons. The van der Waals surface area contributed by atoms with E-state index in [0.29, 0.717) is 44.2 Å². The van der Waals surface area contributed by atoms with Crippen molar-refractivity contribution in [2.45, 2.75) is 136 Å². The number of ether oxygens (including phenoxy) is 1. The number of aliphatic hydroxyl groups is 1. The number of nitrogens with zero attached hydrogens (tertiary/aromatic N) is 1. The van der Waals surface area contributed by atoms with Crippen molar-refractivity contribution in [2.75, 3.05) is 20.2 Å². The van der Waals surface area contributed by atoms with E-state index in [0.717, 1.165) is 25.7 Å². The molecule has 3 unspecified atom stereocenters. The average Bonchev–Trinajstić information content (AvgIpc) is 3.83. The van der Waals surface area contributed by atoms with Crippen LogP contribution in [0.2, 0.25) is 0 Å². The Kier molecular flexibility index (Phi) is 18.0. The molecule has 1 aliphatic carbocycles. The van der Waals surface area contributed by atoms with Gasteiger partial charge in [0.2, 0.25) is 17.7 Å². The molecule has 12 nitrogen and oxygen atoms in total. The lowest BCUT2D eigenvalue weighted by atomic mass is 10.0. The van der Waals surface area contributed by atoms with Crippen LogP contribution < -0.4 is 31.9 Å². The number of amides is 3. The number of nitrogens with one attached hydrogen (secondary N) is 6. The van der Waals surface area contributed by atoms with Crippen LogP contribution in [0.3, 0.4) is 0 Å². The molecular weight excluding hydrogens is 586 g/mol. The van der Waals surface area contributed by atoms with E-state index in [1.807, 2.05) is 34.6 Å². The topological polar surface area (TPSA) is 165 Å². The zero-order valence-corrected chi connectivity index (χ0v) is 29.5. The molecule has 0 aromatic rings. The van der Waals surface area contributed by atoms with Crippen molar-refractivity contribution in [3.8, 4) is 0 Å². The molecular formula is C34H63N7O5. The van der Waals surface area contributed by atoms with Gasteiger partial charge in [0.1, 0.15) is 12.5 Å². The third-order valence-electron chi connectivity index (χ3n) is 8.61. The molecule has 1 heterocycles. The maximum atomic E-state index is 13.7. The molecule has 0 aromatic heterocycles. The van der Waals surface area contributed by atoms with Gasteiger partial charge in [-0.25, -0.2) is 0 Å². The Morgan fingerprint density at radius 1 is 1.02 bits per heavy atom. The molecule has 46 heavy (non-hydrogen) atoms. The van der Waals surface area contributed by atoms with Crippen molar-refractivity contribution in [3.63, 3.8) is 0 Å². The molecule has 3 amide bonds. The molecule has 0 saturated heterocycles. The Balaban J connectivity index is 2.04. The van der Waals surface area contributed by atoms with Crippen LogP contribution in [0.15, 0.2) is 17.3 Å². The highest BCUT2D eigenvalue weighted by Crippen LogP contribution is 2.34. The second-order valence-corrected chi connectivity index (χ2v) is 13.7. The van der Waals surface area contributed by atoms with E-state index in [1.54, 1.807) is 25.6 Å². The Hall–Kier alpha value is -2.38. The van der Waals surface area contributed by atoms with Gasteiger partial charge in [-0.3, -0.25) is 30.0 Å². The molecule has 1 aliphatic heterocycles. The summed E-state index contributed by atoms with van der Waals surface area (Å²) in [6.07, 6.45) is 9.03. The predicted molar refractivity (Wildman–Crippen MR) is 183 cm³/mol. The Morgan fingerprint density at radius 2 is 1.74 bits per heavy atom. The number of likely N-dealkylation sites (N-methyl/N-ethyl adjacent to an activating group) is 1. The molecule has 0 bridgehead atoms. The maximum Gasteiger partial charge on any atom is 0.237 e. The lowest BCUT2D eigenvalue weighted by Gasteiger charge is -2.33. The third kappa shape index (κ3) is 14.2. The van der Waals surface area contributed by atoms with Gasteiger partial charge in [0.15, 0.2) is 0 Å². The summed E-state index contributed by atoms with van der Waals surface area (Å²) in [4.78, 5) is 43.3.